The van der Waals surface area contributed by atoms with E-state index in [-0.39, 0.29) is 5.78 Å². The molecule has 20 heavy (non-hydrogen) atoms. The monoisotopic (exact) mass is 269 g/mol. The summed E-state index contributed by atoms with van der Waals surface area (Å²) in [5.41, 5.74) is 2.61. The second-order valence-corrected chi connectivity index (χ2v) is 4.74. The summed E-state index contributed by atoms with van der Waals surface area (Å²) in [5, 5.41) is 4.19. The Kier molecular flexibility index (Phi) is 4.35. The van der Waals surface area contributed by atoms with E-state index in [2.05, 4.69) is 5.10 Å². The maximum Gasteiger partial charge on any atom is 0.206 e. The number of aryl methyl sites for hydroxylation is 1. The van der Waals surface area contributed by atoms with Gasteiger partial charge in [-0.3, -0.25) is 9.48 Å². The molecule has 1 aromatic carbocycles. The number of hydrogen-bond donors (Lipinski definition) is 0. The van der Waals surface area contributed by atoms with Crippen LogP contribution in [0, 0.1) is 0 Å². The van der Waals surface area contributed by atoms with E-state index in [4.69, 9.17) is 0 Å². The van der Waals surface area contributed by atoms with Crippen molar-refractivity contribution >= 4 is 17.5 Å². The number of carbonyl (C=O) groups excluding carboxylic acids is 1. The third-order valence-corrected chi connectivity index (χ3v) is 3.05. The summed E-state index contributed by atoms with van der Waals surface area (Å²) in [4.78, 5) is 14.0. The molecule has 2 aromatic rings. The molecule has 0 saturated heterocycles. The number of nitrogens with zero attached hydrogens (tertiary/aromatic N) is 3. The van der Waals surface area contributed by atoms with Gasteiger partial charge >= 0.3 is 0 Å². The molecule has 0 bridgehead atoms. The average Bonchev–Trinajstić information content (AvgIpc) is 2.94. The van der Waals surface area contributed by atoms with Crippen LogP contribution in [0.15, 0.2) is 42.6 Å². The van der Waals surface area contributed by atoms with Crippen molar-refractivity contribution in [2.24, 2.45) is 0 Å². The first-order chi connectivity index (χ1) is 9.60. The maximum absolute atomic E-state index is 12.0. The van der Waals surface area contributed by atoms with Crippen molar-refractivity contribution in [3.8, 4) is 0 Å². The zero-order chi connectivity index (χ0) is 14.5. The quantitative estimate of drug-likeness (QED) is 0.619. The Morgan fingerprint density at radius 2 is 1.95 bits per heavy atom. The Bertz CT molecular complexity index is 609. The minimum Gasteiger partial charge on any atom is -0.378 e. The van der Waals surface area contributed by atoms with E-state index in [1.165, 1.54) is 0 Å². The first-order valence-electron chi connectivity index (χ1n) is 6.63. The van der Waals surface area contributed by atoms with Gasteiger partial charge in [-0.15, -0.1) is 0 Å². The molecule has 104 valence electrons. The van der Waals surface area contributed by atoms with Gasteiger partial charge in [0.05, 0.1) is 0 Å². The van der Waals surface area contributed by atoms with Crippen LogP contribution in [0.4, 0.5) is 5.69 Å². The highest BCUT2D eigenvalue weighted by molar-refractivity contribution is 6.05. The topological polar surface area (TPSA) is 38.1 Å². The lowest BCUT2D eigenvalue weighted by molar-refractivity contribution is 0.104. The van der Waals surface area contributed by atoms with Gasteiger partial charge in [0.1, 0.15) is 5.69 Å². The molecule has 0 atom stereocenters. The fourth-order valence-corrected chi connectivity index (χ4v) is 1.81. The first kappa shape index (κ1) is 14.1. The van der Waals surface area contributed by atoms with Crippen molar-refractivity contribution in [3.05, 3.63) is 53.9 Å². The summed E-state index contributed by atoms with van der Waals surface area (Å²) >= 11 is 0. The van der Waals surface area contributed by atoms with Crippen LogP contribution in [0.1, 0.15) is 23.0 Å². The summed E-state index contributed by atoms with van der Waals surface area (Å²) in [6.45, 7) is 2.76. The number of benzene rings is 1. The molecule has 0 aliphatic heterocycles. The molecular weight excluding hydrogens is 250 g/mol. The van der Waals surface area contributed by atoms with Crippen LogP contribution in [0.25, 0.3) is 6.08 Å². The summed E-state index contributed by atoms with van der Waals surface area (Å²) in [7, 11) is 4.00. The Balaban J connectivity index is 2.06. The van der Waals surface area contributed by atoms with E-state index >= 15 is 0 Å². The summed E-state index contributed by atoms with van der Waals surface area (Å²) in [6, 6.07) is 9.77. The Hall–Kier alpha value is -2.36. The van der Waals surface area contributed by atoms with Crippen LogP contribution in [0.5, 0.6) is 0 Å². The first-order valence-corrected chi connectivity index (χ1v) is 6.63. The van der Waals surface area contributed by atoms with Gasteiger partial charge in [-0.05, 0) is 36.8 Å². The van der Waals surface area contributed by atoms with Gasteiger partial charge in [0.2, 0.25) is 5.78 Å². The van der Waals surface area contributed by atoms with Gasteiger partial charge in [-0.2, -0.15) is 5.10 Å². The molecule has 0 radical (unpaired) electrons. The summed E-state index contributed by atoms with van der Waals surface area (Å²) in [5.74, 6) is -0.0751. The van der Waals surface area contributed by atoms with Crippen molar-refractivity contribution < 1.29 is 4.79 Å². The van der Waals surface area contributed by atoms with Gasteiger partial charge in [0, 0.05) is 32.5 Å². The molecular formula is C16H19N3O. The van der Waals surface area contributed by atoms with Crippen LogP contribution in [-0.2, 0) is 6.54 Å². The predicted octanol–water partition coefficient (Wildman–Crippen LogP) is 2.87. The normalized spacial score (nSPS) is 10.9. The number of aromatic nitrogens is 2. The highest BCUT2D eigenvalue weighted by atomic mass is 16.1. The minimum atomic E-state index is -0.0751. The predicted molar refractivity (Wildman–Crippen MR) is 82.0 cm³/mol. The van der Waals surface area contributed by atoms with Gasteiger partial charge in [0.25, 0.3) is 0 Å². The summed E-state index contributed by atoms with van der Waals surface area (Å²) < 4.78 is 1.74. The van der Waals surface area contributed by atoms with Gasteiger partial charge in [-0.1, -0.05) is 18.2 Å². The molecule has 0 N–H and O–H groups in total. The van der Waals surface area contributed by atoms with E-state index < -0.39 is 0 Å². The number of carbonyl (C=O) groups is 1. The van der Waals surface area contributed by atoms with Crippen molar-refractivity contribution in [1.29, 1.82) is 0 Å². The standard InChI is InChI=1S/C16H19N3O/c1-4-19-12-11-15(17-19)16(20)10-7-13-5-8-14(9-6-13)18(2)3/h5-12H,4H2,1-3H3/b10-7+. The van der Waals surface area contributed by atoms with E-state index in [0.717, 1.165) is 17.8 Å². The van der Waals surface area contributed by atoms with Gasteiger partial charge < -0.3 is 4.90 Å². The number of rotatable bonds is 5. The fourth-order valence-electron chi connectivity index (χ4n) is 1.81. The molecule has 0 spiro atoms. The van der Waals surface area contributed by atoms with Crippen molar-refractivity contribution in [2.75, 3.05) is 19.0 Å². The van der Waals surface area contributed by atoms with Crippen LogP contribution >= 0.6 is 0 Å². The molecule has 0 aliphatic carbocycles. The molecule has 0 saturated carbocycles. The fraction of sp³-hybridized carbons (Fsp3) is 0.250. The third-order valence-electron chi connectivity index (χ3n) is 3.05. The van der Waals surface area contributed by atoms with Crippen LogP contribution in [0.2, 0.25) is 0 Å². The largest absolute Gasteiger partial charge is 0.378 e. The molecule has 2 rings (SSSR count). The molecule has 4 nitrogen and oxygen atoms in total. The molecule has 0 fully saturated rings. The van der Waals surface area contributed by atoms with Crippen molar-refractivity contribution in [2.45, 2.75) is 13.5 Å². The van der Waals surface area contributed by atoms with E-state index in [1.54, 1.807) is 16.8 Å². The van der Waals surface area contributed by atoms with Crippen molar-refractivity contribution in [3.63, 3.8) is 0 Å². The lowest BCUT2D eigenvalue weighted by Crippen LogP contribution is -2.07. The van der Waals surface area contributed by atoms with Gasteiger partial charge in [-0.25, -0.2) is 0 Å². The van der Waals surface area contributed by atoms with E-state index in [9.17, 15) is 4.79 Å². The summed E-state index contributed by atoms with van der Waals surface area (Å²) in [6.07, 6.45) is 5.19. The molecule has 0 amide bonds. The SMILES string of the molecule is CCn1ccc(C(=O)/C=C/c2ccc(N(C)C)cc2)n1. The Morgan fingerprint density at radius 1 is 1.25 bits per heavy atom. The molecule has 1 aromatic heterocycles. The van der Waals surface area contributed by atoms with Crippen molar-refractivity contribution in [1.82, 2.24) is 9.78 Å². The van der Waals surface area contributed by atoms with Gasteiger partial charge in [0.15, 0.2) is 0 Å². The maximum atomic E-state index is 12.0. The average molecular weight is 269 g/mol. The number of anilines is 1. The smallest absolute Gasteiger partial charge is 0.206 e. The second kappa shape index (κ2) is 6.19. The van der Waals surface area contributed by atoms with E-state index in [0.29, 0.717) is 5.69 Å². The number of hydrogen-bond acceptors (Lipinski definition) is 3. The minimum absolute atomic E-state index is 0.0751. The van der Waals surface area contributed by atoms with Crippen LogP contribution in [-0.4, -0.2) is 29.7 Å². The second-order valence-electron chi connectivity index (χ2n) is 4.74. The lowest BCUT2D eigenvalue weighted by Gasteiger charge is -2.11. The van der Waals surface area contributed by atoms with E-state index in [1.807, 2.05) is 62.5 Å². The third kappa shape index (κ3) is 3.35. The Morgan fingerprint density at radius 3 is 2.50 bits per heavy atom. The molecule has 0 unspecified atom stereocenters. The Labute approximate surface area is 119 Å². The lowest BCUT2D eigenvalue weighted by atomic mass is 10.1. The zero-order valence-corrected chi connectivity index (χ0v) is 12.1. The molecule has 1 heterocycles. The highest BCUT2D eigenvalue weighted by Crippen LogP contribution is 2.13. The molecule has 4 heteroatoms. The van der Waals surface area contributed by atoms with Crippen LogP contribution < -0.4 is 4.90 Å². The number of allylic oxidation sites excluding steroid dienone is 1. The molecule has 0 aliphatic rings. The highest BCUT2D eigenvalue weighted by Gasteiger charge is 2.05. The van der Waals surface area contributed by atoms with Crippen LogP contribution in [0.3, 0.4) is 0 Å². The number of ketones is 1. The zero-order valence-electron chi connectivity index (χ0n) is 12.1.